The number of hydrogen-bond donors (Lipinski definition) is 1. The standard InChI is InChI=1S/C15H16BrNOS/c1-18-15-5-3-2-4-13(15)14(17)10-19-12-8-6-11(16)7-9-12/h2-9,14H,10,17H2,1H3. The highest BCUT2D eigenvalue weighted by molar-refractivity contribution is 9.10. The molecular weight excluding hydrogens is 322 g/mol. The van der Waals surface area contributed by atoms with Crippen LogP contribution in [0.4, 0.5) is 0 Å². The number of methoxy groups -OCH3 is 1. The maximum Gasteiger partial charge on any atom is 0.123 e. The average Bonchev–Trinajstić information content (AvgIpc) is 2.46. The number of para-hydroxylation sites is 1. The van der Waals surface area contributed by atoms with Crippen LogP contribution in [0.25, 0.3) is 0 Å². The van der Waals surface area contributed by atoms with Gasteiger partial charge in [-0.3, -0.25) is 0 Å². The molecule has 0 radical (unpaired) electrons. The monoisotopic (exact) mass is 337 g/mol. The maximum absolute atomic E-state index is 6.24. The molecule has 4 heteroatoms. The summed E-state index contributed by atoms with van der Waals surface area (Å²) in [6, 6.07) is 16.1. The van der Waals surface area contributed by atoms with Gasteiger partial charge in [-0.2, -0.15) is 0 Å². The van der Waals surface area contributed by atoms with E-state index >= 15 is 0 Å². The van der Waals surface area contributed by atoms with Crippen LogP contribution < -0.4 is 10.5 Å². The average molecular weight is 338 g/mol. The second-order valence-corrected chi connectivity index (χ2v) is 6.12. The Balaban J connectivity index is 2.01. The lowest BCUT2D eigenvalue weighted by Crippen LogP contribution is -2.14. The van der Waals surface area contributed by atoms with E-state index in [2.05, 4.69) is 28.1 Å². The van der Waals surface area contributed by atoms with E-state index in [1.165, 1.54) is 4.90 Å². The number of hydrogen-bond acceptors (Lipinski definition) is 3. The van der Waals surface area contributed by atoms with E-state index in [9.17, 15) is 0 Å². The lowest BCUT2D eigenvalue weighted by atomic mass is 10.1. The molecule has 1 unspecified atom stereocenters. The van der Waals surface area contributed by atoms with Crippen molar-refractivity contribution in [3.8, 4) is 5.75 Å². The van der Waals surface area contributed by atoms with Gasteiger partial charge >= 0.3 is 0 Å². The Morgan fingerprint density at radius 3 is 2.53 bits per heavy atom. The van der Waals surface area contributed by atoms with Gasteiger partial charge in [-0.25, -0.2) is 0 Å². The van der Waals surface area contributed by atoms with Gasteiger partial charge in [0.25, 0.3) is 0 Å². The lowest BCUT2D eigenvalue weighted by molar-refractivity contribution is 0.407. The Hall–Kier alpha value is -0.970. The van der Waals surface area contributed by atoms with Gasteiger partial charge in [0.1, 0.15) is 5.75 Å². The van der Waals surface area contributed by atoms with Gasteiger partial charge in [0.15, 0.2) is 0 Å². The molecule has 2 rings (SSSR count). The minimum Gasteiger partial charge on any atom is -0.496 e. The highest BCUT2D eigenvalue weighted by Gasteiger charge is 2.11. The third-order valence-corrected chi connectivity index (χ3v) is 4.44. The Morgan fingerprint density at radius 2 is 1.84 bits per heavy atom. The van der Waals surface area contributed by atoms with Crippen molar-refractivity contribution in [2.24, 2.45) is 5.73 Å². The molecule has 0 saturated heterocycles. The van der Waals surface area contributed by atoms with Crippen LogP contribution in [0.2, 0.25) is 0 Å². The first-order valence-corrected chi connectivity index (χ1v) is 7.75. The highest BCUT2D eigenvalue weighted by Crippen LogP contribution is 2.29. The number of benzene rings is 2. The molecular formula is C15H16BrNOS. The minimum absolute atomic E-state index is 0.0372. The van der Waals surface area contributed by atoms with Crippen LogP contribution in [0.1, 0.15) is 11.6 Å². The molecule has 0 fully saturated rings. The summed E-state index contributed by atoms with van der Waals surface area (Å²) in [6.07, 6.45) is 0. The third-order valence-electron chi connectivity index (χ3n) is 2.78. The predicted octanol–water partition coefficient (Wildman–Crippen LogP) is 4.25. The van der Waals surface area contributed by atoms with Gasteiger partial charge in [0.2, 0.25) is 0 Å². The molecule has 0 saturated carbocycles. The minimum atomic E-state index is -0.0372. The predicted molar refractivity (Wildman–Crippen MR) is 84.8 cm³/mol. The summed E-state index contributed by atoms with van der Waals surface area (Å²) in [4.78, 5) is 1.22. The van der Waals surface area contributed by atoms with Crippen molar-refractivity contribution in [2.75, 3.05) is 12.9 Å². The van der Waals surface area contributed by atoms with Crippen LogP contribution in [0.15, 0.2) is 57.9 Å². The SMILES string of the molecule is COc1ccccc1C(N)CSc1ccc(Br)cc1. The fourth-order valence-electron chi connectivity index (χ4n) is 1.78. The maximum atomic E-state index is 6.24. The Morgan fingerprint density at radius 1 is 1.16 bits per heavy atom. The molecule has 0 amide bonds. The van der Waals surface area contributed by atoms with E-state index in [4.69, 9.17) is 10.5 Å². The molecule has 100 valence electrons. The summed E-state index contributed by atoms with van der Waals surface area (Å²) in [5.74, 6) is 1.67. The summed E-state index contributed by atoms with van der Waals surface area (Å²) in [7, 11) is 1.67. The van der Waals surface area contributed by atoms with E-state index < -0.39 is 0 Å². The topological polar surface area (TPSA) is 35.2 Å². The van der Waals surface area contributed by atoms with Crippen molar-refractivity contribution in [3.05, 3.63) is 58.6 Å². The fourth-order valence-corrected chi connectivity index (χ4v) is 2.92. The number of halogens is 1. The van der Waals surface area contributed by atoms with Gasteiger partial charge in [-0.15, -0.1) is 11.8 Å². The van der Waals surface area contributed by atoms with Crippen LogP contribution in [0, 0.1) is 0 Å². The molecule has 19 heavy (non-hydrogen) atoms. The van der Waals surface area contributed by atoms with E-state index in [0.717, 1.165) is 21.5 Å². The van der Waals surface area contributed by atoms with Crippen molar-refractivity contribution in [3.63, 3.8) is 0 Å². The van der Waals surface area contributed by atoms with Gasteiger partial charge in [-0.05, 0) is 30.3 Å². The summed E-state index contributed by atoms with van der Waals surface area (Å²) in [6.45, 7) is 0. The largest absolute Gasteiger partial charge is 0.496 e. The lowest BCUT2D eigenvalue weighted by Gasteiger charge is -2.15. The molecule has 0 aromatic heterocycles. The van der Waals surface area contributed by atoms with E-state index in [0.29, 0.717) is 0 Å². The molecule has 2 aromatic carbocycles. The zero-order valence-corrected chi connectivity index (χ0v) is 13.1. The normalized spacial score (nSPS) is 12.2. The molecule has 0 aliphatic carbocycles. The van der Waals surface area contributed by atoms with Crippen molar-refractivity contribution < 1.29 is 4.74 Å². The summed E-state index contributed by atoms with van der Waals surface area (Å²) in [5.41, 5.74) is 7.29. The van der Waals surface area contributed by atoms with Gasteiger partial charge in [0, 0.05) is 26.7 Å². The second-order valence-electron chi connectivity index (χ2n) is 4.11. The van der Waals surface area contributed by atoms with Crippen LogP contribution in [-0.4, -0.2) is 12.9 Å². The van der Waals surface area contributed by atoms with Crippen LogP contribution in [0.3, 0.4) is 0 Å². The molecule has 0 aliphatic rings. The molecule has 0 heterocycles. The summed E-state index contributed by atoms with van der Waals surface area (Å²) in [5, 5.41) is 0. The van der Waals surface area contributed by atoms with Crippen molar-refractivity contribution in [2.45, 2.75) is 10.9 Å². The molecule has 0 aliphatic heterocycles. The van der Waals surface area contributed by atoms with E-state index in [-0.39, 0.29) is 6.04 Å². The van der Waals surface area contributed by atoms with Crippen LogP contribution in [0.5, 0.6) is 5.75 Å². The Kier molecular flexibility index (Phi) is 5.31. The highest BCUT2D eigenvalue weighted by atomic mass is 79.9. The van der Waals surface area contributed by atoms with Crippen molar-refractivity contribution in [1.29, 1.82) is 0 Å². The van der Waals surface area contributed by atoms with Crippen molar-refractivity contribution in [1.82, 2.24) is 0 Å². The quantitative estimate of drug-likeness (QED) is 0.828. The second kappa shape index (κ2) is 6.98. The molecule has 0 spiro atoms. The van der Waals surface area contributed by atoms with E-state index in [1.807, 2.05) is 36.4 Å². The number of ether oxygens (including phenoxy) is 1. The first-order chi connectivity index (χ1) is 9.20. The Labute approximate surface area is 126 Å². The first kappa shape index (κ1) is 14.4. The molecule has 2 aromatic rings. The molecule has 0 bridgehead atoms. The number of nitrogens with two attached hydrogens (primary N) is 1. The molecule has 2 N–H and O–H groups in total. The van der Waals surface area contributed by atoms with Crippen molar-refractivity contribution >= 4 is 27.7 Å². The summed E-state index contributed by atoms with van der Waals surface area (Å²) < 4.78 is 6.43. The molecule has 1 atom stereocenters. The smallest absolute Gasteiger partial charge is 0.123 e. The zero-order chi connectivity index (χ0) is 13.7. The third kappa shape index (κ3) is 4.00. The van der Waals surface area contributed by atoms with Crippen LogP contribution in [-0.2, 0) is 0 Å². The number of rotatable bonds is 5. The number of thioether (sulfide) groups is 1. The fraction of sp³-hybridized carbons (Fsp3) is 0.200. The Bertz CT molecular complexity index is 530. The van der Waals surface area contributed by atoms with E-state index in [1.54, 1.807) is 18.9 Å². The zero-order valence-electron chi connectivity index (χ0n) is 10.7. The van der Waals surface area contributed by atoms with Gasteiger partial charge in [0.05, 0.1) is 7.11 Å². The summed E-state index contributed by atoms with van der Waals surface area (Å²) >= 11 is 5.18. The van der Waals surface area contributed by atoms with Crippen LogP contribution >= 0.6 is 27.7 Å². The van der Waals surface area contributed by atoms with Gasteiger partial charge in [-0.1, -0.05) is 34.1 Å². The first-order valence-electron chi connectivity index (χ1n) is 5.97. The molecule has 2 nitrogen and oxygen atoms in total. The van der Waals surface area contributed by atoms with Gasteiger partial charge < -0.3 is 10.5 Å².